The zero-order chi connectivity index (χ0) is 21.1. The summed E-state index contributed by atoms with van der Waals surface area (Å²) in [5.74, 6) is -0.580. The van der Waals surface area contributed by atoms with Crippen LogP contribution in [-0.4, -0.2) is 23.7 Å². The highest BCUT2D eigenvalue weighted by Gasteiger charge is 2.42. The van der Waals surface area contributed by atoms with Crippen molar-refractivity contribution in [3.63, 3.8) is 0 Å². The SMILES string of the molecule is CCC(NOC)=C1[C@@H]2CCC(C[C@H]1OC(c1ccc(F)cc1)c1ccc(F)cc1)S2. The van der Waals surface area contributed by atoms with E-state index in [2.05, 4.69) is 12.4 Å². The summed E-state index contributed by atoms with van der Waals surface area (Å²) >= 11 is 2.02. The molecule has 2 bridgehead atoms. The van der Waals surface area contributed by atoms with Gasteiger partial charge in [-0.25, -0.2) is 8.78 Å². The van der Waals surface area contributed by atoms with Gasteiger partial charge in [0, 0.05) is 16.2 Å². The Morgan fingerprint density at radius 2 is 1.63 bits per heavy atom. The molecule has 4 rings (SSSR count). The van der Waals surface area contributed by atoms with Crippen LogP contribution in [0.3, 0.4) is 0 Å². The molecule has 0 amide bonds. The smallest absolute Gasteiger partial charge is 0.123 e. The number of hydrogen-bond donors (Lipinski definition) is 1. The van der Waals surface area contributed by atoms with Gasteiger partial charge in [0.05, 0.1) is 13.2 Å². The molecule has 2 aliphatic heterocycles. The minimum absolute atomic E-state index is 0.0820. The van der Waals surface area contributed by atoms with Crippen molar-refractivity contribution in [3.05, 3.63) is 82.6 Å². The lowest BCUT2D eigenvalue weighted by Crippen LogP contribution is -2.33. The maximum Gasteiger partial charge on any atom is 0.123 e. The standard InChI is InChI=1S/C24H27F2NO2S/c1-3-20(27-28-2)23-21(14-19-12-13-22(23)30-19)29-24(15-4-8-17(25)9-5-15)16-6-10-18(26)11-7-16/h4-11,19,21-22,24,27H,3,12-14H2,1-2H3/t19?,21-,22+/m1/s1. The maximum absolute atomic E-state index is 13.6. The Hall–Kier alpha value is -1.89. The summed E-state index contributed by atoms with van der Waals surface area (Å²) in [7, 11) is 1.62. The van der Waals surface area contributed by atoms with Crippen molar-refractivity contribution >= 4 is 11.8 Å². The summed E-state index contributed by atoms with van der Waals surface area (Å²) < 4.78 is 33.9. The van der Waals surface area contributed by atoms with Gasteiger partial charge < -0.3 is 4.74 Å². The van der Waals surface area contributed by atoms with Gasteiger partial charge in [0.15, 0.2) is 0 Å². The second kappa shape index (κ2) is 9.50. The molecule has 1 N–H and O–H groups in total. The molecule has 0 radical (unpaired) electrons. The molecule has 3 atom stereocenters. The predicted molar refractivity (Wildman–Crippen MR) is 116 cm³/mol. The van der Waals surface area contributed by atoms with Crippen LogP contribution < -0.4 is 5.48 Å². The van der Waals surface area contributed by atoms with E-state index in [0.717, 1.165) is 36.1 Å². The zero-order valence-electron chi connectivity index (χ0n) is 17.2. The predicted octanol–water partition coefficient (Wildman–Crippen LogP) is 5.92. The van der Waals surface area contributed by atoms with Crippen molar-refractivity contribution < 1.29 is 18.4 Å². The highest BCUT2D eigenvalue weighted by atomic mass is 32.2. The first-order valence-electron chi connectivity index (χ1n) is 10.4. The van der Waals surface area contributed by atoms with Crippen molar-refractivity contribution in [3.8, 4) is 0 Å². The molecule has 2 aromatic rings. The van der Waals surface area contributed by atoms with Crippen LogP contribution >= 0.6 is 11.8 Å². The second-order valence-corrected chi connectivity index (χ2v) is 9.27. The Bertz CT molecular complexity index is 840. The molecule has 3 nitrogen and oxygen atoms in total. The third-order valence-electron chi connectivity index (χ3n) is 5.85. The van der Waals surface area contributed by atoms with Crippen LogP contribution in [0.2, 0.25) is 0 Å². The largest absolute Gasteiger partial charge is 0.361 e. The molecule has 2 fully saturated rings. The molecule has 30 heavy (non-hydrogen) atoms. The molecule has 6 heteroatoms. The molecule has 2 heterocycles. The third-order valence-corrected chi connectivity index (χ3v) is 7.48. The van der Waals surface area contributed by atoms with E-state index in [1.165, 1.54) is 36.3 Å². The fourth-order valence-corrected chi connectivity index (χ4v) is 6.18. The quantitative estimate of drug-likeness (QED) is 0.551. The lowest BCUT2D eigenvalue weighted by Gasteiger charge is -2.35. The molecule has 1 unspecified atom stereocenters. The molecule has 0 aliphatic carbocycles. The third kappa shape index (κ3) is 4.56. The van der Waals surface area contributed by atoms with Gasteiger partial charge in [0.2, 0.25) is 0 Å². The molecular weight excluding hydrogens is 404 g/mol. The molecule has 0 saturated carbocycles. The summed E-state index contributed by atoms with van der Waals surface area (Å²) in [6.07, 6.45) is 3.57. The number of ether oxygens (including phenoxy) is 1. The highest BCUT2D eigenvalue weighted by Crippen LogP contribution is 2.49. The average Bonchev–Trinajstić information content (AvgIpc) is 3.14. The van der Waals surface area contributed by atoms with Crippen LogP contribution in [0.15, 0.2) is 59.8 Å². The van der Waals surface area contributed by atoms with Crippen molar-refractivity contribution in [2.24, 2.45) is 0 Å². The van der Waals surface area contributed by atoms with E-state index in [1.807, 2.05) is 11.8 Å². The van der Waals surface area contributed by atoms with Crippen LogP contribution in [0, 0.1) is 11.6 Å². The monoisotopic (exact) mass is 431 g/mol. The number of halogens is 2. The number of thioether (sulfide) groups is 1. The Labute approximate surface area is 180 Å². The normalized spacial score (nSPS) is 24.9. The lowest BCUT2D eigenvalue weighted by atomic mass is 9.97. The fraction of sp³-hybridized carbons (Fsp3) is 0.417. The molecular formula is C24H27F2NO2S. The first-order chi connectivity index (χ1) is 14.6. The van der Waals surface area contributed by atoms with Gasteiger partial charge >= 0.3 is 0 Å². The van der Waals surface area contributed by atoms with Crippen LogP contribution in [0.4, 0.5) is 8.78 Å². The van der Waals surface area contributed by atoms with E-state index >= 15 is 0 Å². The van der Waals surface area contributed by atoms with E-state index < -0.39 is 6.10 Å². The molecule has 2 aliphatic rings. The molecule has 2 aromatic carbocycles. The minimum atomic E-state index is -0.408. The minimum Gasteiger partial charge on any atom is -0.361 e. The molecule has 0 spiro atoms. The Morgan fingerprint density at radius 1 is 1.03 bits per heavy atom. The number of rotatable bonds is 7. The Balaban J connectivity index is 1.71. The number of nitrogens with one attached hydrogen (secondary N) is 1. The molecule has 160 valence electrons. The van der Waals surface area contributed by atoms with Gasteiger partial charge in [-0.15, -0.1) is 0 Å². The Kier molecular flexibility index (Phi) is 6.76. The molecule has 2 saturated heterocycles. The topological polar surface area (TPSA) is 30.5 Å². The van der Waals surface area contributed by atoms with E-state index in [-0.39, 0.29) is 17.7 Å². The summed E-state index contributed by atoms with van der Waals surface area (Å²) in [6.45, 7) is 2.11. The average molecular weight is 432 g/mol. The van der Waals surface area contributed by atoms with E-state index in [4.69, 9.17) is 9.57 Å². The van der Waals surface area contributed by atoms with Crippen molar-refractivity contribution in [1.29, 1.82) is 0 Å². The number of hydrogen-bond acceptors (Lipinski definition) is 4. The van der Waals surface area contributed by atoms with Crippen LogP contribution in [0.5, 0.6) is 0 Å². The van der Waals surface area contributed by atoms with Gasteiger partial charge in [-0.3, -0.25) is 10.3 Å². The van der Waals surface area contributed by atoms with Crippen molar-refractivity contribution in [2.45, 2.75) is 55.3 Å². The highest BCUT2D eigenvalue weighted by molar-refractivity contribution is 8.01. The second-order valence-electron chi connectivity index (χ2n) is 7.76. The first kappa shape index (κ1) is 21.3. The van der Waals surface area contributed by atoms with Crippen LogP contribution in [0.1, 0.15) is 49.8 Å². The zero-order valence-corrected chi connectivity index (χ0v) is 18.1. The van der Waals surface area contributed by atoms with E-state index in [9.17, 15) is 8.78 Å². The van der Waals surface area contributed by atoms with Gasteiger partial charge in [-0.05, 0) is 66.6 Å². The summed E-state index contributed by atoms with van der Waals surface area (Å²) in [5.41, 5.74) is 7.10. The van der Waals surface area contributed by atoms with Gasteiger partial charge in [-0.2, -0.15) is 11.8 Å². The summed E-state index contributed by atoms with van der Waals surface area (Å²) in [6, 6.07) is 12.7. The number of hydroxylamine groups is 1. The number of fused-ring (bicyclic) bond motifs is 2. The van der Waals surface area contributed by atoms with Gasteiger partial charge in [0.25, 0.3) is 0 Å². The van der Waals surface area contributed by atoms with E-state index in [1.54, 1.807) is 31.4 Å². The van der Waals surface area contributed by atoms with Crippen molar-refractivity contribution in [2.75, 3.05) is 7.11 Å². The van der Waals surface area contributed by atoms with Crippen molar-refractivity contribution in [1.82, 2.24) is 5.48 Å². The van der Waals surface area contributed by atoms with Gasteiger partial charge in [-0.1, -0.05) is 31.2 Å². The number of benzene rings is 2. The fourth-order valence-electron chi connectivity index (χ4n) is 4.45. The van der Waals surface area contributed by atoms with Crippen LogP contribution in [0.25, 0.3) is 0 Å². The lowest BCUT2D eigenvalue weighted by molar-refractivity contribution is 0.0208. The Morgan fingerprint density at radius 3 is 2.17 bits per heavy atom. The maximum atomic E-state index is 13.6. The number of allylic oxidation sites excluding steroid dienone is 1. The van der Waals surface area contributed by atoms with Gasteiger partial charge in [0.1, 0.15) is 17.7 Å². The summed E-state index contributed by atoms with van der Waals surface area (Å²) in [4.78, 5) is 5.25. The first-order valence-corrected chi connectivity index (χ1v) is 11.4. The summed E-state index contributed by atoms with van der Waals surface area (Å²) in [5, 5.41) is 0.986. The van der Waals surface area contributed by atoms with Crippen LogP contribution in [-0.2, 0) is 9.57 Å². The van der Waals surface area contributed by atoms with E-state index in [0.29, 0.717) is 10.5 Å². The molecule has 0 aromatic heterocycles.